The topological polar surface area (TPSA) is 79.4 Å². The van der Waals surface area contributed by atoms with Gasteiger partial charge in [0.15, 0.2) is 8.32 Å². The predicted molar refractivity (Wildman–Crippen MR) is 144 cm³/mol. The van der Waals surface area contributed by atoms with Gasteiger partial charge in [-0.25, -0.2) is 4.98 Å². The SMILES string of the molecule is Cc1ccc(-c2cccc(OCCC[C@@H](Cn3cnc(C(N)=O)c3)O[Si](C)(C)C(C)(C)C)c2)cc1. The van der Waals surface area contributed by atoms with Gasteiger partial charge in [0.25, 0.3) is 5.91 Å². The molecule has 0 spiro atoms. The van der Waals surface area contributed by atoms with E-state index in [1.165, 1.54) is 11.1 Å². The summed E-state index contributed by atoms with van der Waals surface area (Å²) in [6.45, 7) is 14.6. The Labute approximate surface area is 210 Å². The fourth-order valence-electron chi connectivity index (χ4n) is 3.62. The third-order valence-electron chi connectivity index (χ3n) is 6.73. The number of benzene rings is 2. The maximum atomic E-state index is 11.4. The van der Waals surface area contributed by atoms with E-state index >= 15 is 0 Å². The lowest BCUT2D eigenvalue weighted by Crippen LogP contribution is -2.45. The quantitative estimate of drug-likeness (QED) is 0.254. The molecule has 2 N–H and O–H groups in total. The zero-order chi connectivity index (χ0) is 25.6. The average molecular weight is 494 g/mol. The van der Waals surface area contributed by atoms with Crippen LogP contribution in [0.25, 0.3) is 11.1 Å². The van der Waals surface area contributed by atoms with E-state index < -0.39 is 14.2 Å². The van der Waals surface area contributed by atoms with Gasteiger partial charge in [-0.15, -0.1) is 0 Å². The molecular weight excluding hydrogens is 454 g/mol. The summed E-state index contributed by atoms with van der Waals surface area (Å²) in [6, 6.07) is 16.7. The highest BCUT2D eigenvalue weighted by Crippen LogP contribution is 2.38. The van der Waals surface area contributed by atoms with Gasteiger partial charge in [0.1, 0.15) is 11.4 Å². The van der Waals surface area contributed by atoms with E-state index in [9.17, 15) is 4.79 Å². The van der Waals surface area contributed by atoms with E-state index in [0.29, 0.717) is 13.2 Å². The number of nitrogens with two attached hydrogens (primary N) is 1. The molecule has 1 heterocycles. The number of amides is 1. The number of hydrogen-bond donors (Lipinski definition) is 1. The van der Waals surface area contributed by atoms with Gasteiger partial charge in [-0.1, -0.05) is 62.7 Å². The van der Waals surface area contributed by atoms with E-state index in [4.69, 9.17) is 14.9 Å². The van der Waals surface area contributed by atoms with Crippen molar-refractivity contribution in [2.24, 2.45) is 5.73 Å². The number of aryl methyl sites for hydroxylation is 1. The second kappa shape index (κ2) is 11.2. The molecule has 7 heteroatoms. The standard InChI is InChI=1S/C28H39N3O3Si/c1-21-12-14-22(15-13-21)23-9-7-10-24(17-23)33-16-8-11-25(34-35(5,6)28(2,3)4)18-31-19-26(27(29)32)30-20-31/h7,9-10,12-15,17,19-20,25H,8,11,16,18H2,1-6H3,(H2,29,32)/t25-/m0/s1. The van der Waals surface area contributed by atoms with Crippen LogP contribution in [-0.4, -0.2) is 36.5 Å². The van der Waals surface area contributed by atoms with Gasteiger partial charge >= 0.3 is 0 Å². The lowest BCUT2D eigenvalue weighted by atomic mass is 10.0. The van der Waals surface area contributed by atoms with Crippen molar-refractivity contribution in [3.8, 4) is 16.9 Å². The Hall–Kier alpha value is -2.90. The molecule has 3 rings (SSSR count). The molecule has 0 fully saturated rings. The summed E-state index contributed by atoms with van der Waals surface area (Å²) in [6.07, 6.45) is 5.03. The molecule has 188 valence electrons. The Balaban J connectivity index is 1.62. The molecule has 35 heavy (non-hydrogen) atoms. The molecule has 1 aromatic heterocycles. The minimum atomic E-state index is -1.98. The first-order chi connectivity index (χ1) is 16.4. The molecule has 1 atom stereocenters. The van der Waals surface area contributed by atoms with Gasteiger partial charge < -0.3 is 19.5 Å². The van der Waals surface area contributed by atoms with Crippen molar-refractivity contribution in [3.05, 3.63) is 72.3 Å². The number of aromatic nitrogens is 2. The van der Waals surface area contributed by atoms with E-state index in [-0.39, 0.29) is 16.8 Å². The minimum Gasteiger partial charge on any atom is -0.494 e. The molecule has 3 aromatic rings. The average Bonchev–Trinajstić information content (AvgIpc) is 3.25. The molecule has 0 aliphatic rings. The van der Waals surface area contributed by atoms with Crippen LogP contribution in [0.3, 0.4) is 0 Å². The van der Waals surface area contributed by atoms with Gasteiger partial charge in [-0.05, 0) is 61.2 Å². The second-order valence-corrected chi connectivity index (χ2v) is 15.5. The Bertz CT molecular complexity index is 1120. The molecule has 0 saturated carbocycles. The van der Waals surface area contributed by atoms with Gasteiger partial charge in [0.05, 0.1) is 19.0 Å². The summed E-state index contributed by atoms with van der Waals surface area (Å²) in [4.78, 5) is 15.5. The van der Waals surface area contributed by atoms with Crippen LogP contribution in [-0.2, 0) is 11.0 Å². The van der Waals surface area contributed by atoms with Gasteiger partial charge in [-0.2, -0.15) is 0 Å². The molecule has 0 radical (unpaired) electrons. The van der Waals surface area contributed by atoms with Crippen LogP contribution in [0.4, 0.5) is 0 Å². The van der Waals surface area contributed by atoms with Gasteiger partial charge in [0.2, 0.25) is 0 Å². The Morgan fingerprint density at radius 1 is 1.11 bits per heavy atom. The first-order valence-corrected chi connectivity index (χ1v) is 15.1. The number of carbonyl (C=O) groups excluding carboxylic acids is 1. The highest BCUT2D eigenvalue weighted by molar-refractivity contribution is 6.74. The van der Waals surface area contributed by atoms with E-state index in [0.717, 1.165) is 24.2 Å². The Morgan fingerprint density at radius 3 is 2.46 bits per heavy atom. The smallest absolute Gasteiger partial charge is 0.268 e. The molecule has 0 unspecified atom stereocenters. The molecule has 1 amide bonds. The molecular formula is C28H39N3O3Si. The Kier molecular flexibility index (Phi) is 8.56. The zero-order valence-corrected chi connectivity index (χ0v) is 22.9. The minimum absolute atomic E-state index is 0.00619. The maximum absolute atomic E-state index is 11.4. The van der Waals surface area contributed by atoms with Crippen molar-refractivity contribution in [3.63, 3.8) is 0 Å². The molecule has 0 bridgehead atoms. The molecule has 0 saturated heterocycles. The normalized spacial score (nSPS) is 13.0. The summed E-state index contributed by atoms with van der Waals surface area (Å²) in [7, 11) is -1.98. The van der Waals surface area contributed by atoms with E-state index in [1.807, 2.05) is 16.7 Å². The summed E-state index contributed by atoms with van der Waals surface area (Å²) in [5.41, 5.74) is 9.21. The highest BCUT2D eigenvalue weighted by Gasteiger charge is 2.39. The fourth-order valence-corrected chi connectivity index (χ4v) is 4.99. The van der Waals surface area contributed by atoms with Crippen molar-refractivity contribution in [2.75, 3.05) is 6.61 Å². The predicted octanol–water partition coefficient (Wildman–Crippen LogP) is 6.21. The second-order valence-electron chi connectivity index (χ2n) is 10.7. The van der Waals surface area contributed by atoms with Crippen molar-refractivity contribution in [1.82, 2.24) is 9.55 Å². The van der Waals surface area contributed by atoms with Crippen molar-refractivity contribution in [1.29, 1.82) is 0 Å². The molecule has 6 nitrogen and oxygen atoms in total. The number of nitrogens with zero attached hydrogens (tertiary/aromatic N) is 2. The van der Waals surface area contributed by atoms with Crippen LogP contribution in [0.15, 0.2) is 61.1 Å². The number of primary amides is 1. The Morgan fingerprint density at radius 2 is 1.83 bits per heavy atom. The van der Waals surface area contributed by atoms with Crippen molar-refractivity contribution in [2.45, 2.75) is 71.3 Å². The van der Waals surface area contributed by atoms with Gasteiger partial charge in [-0.3, -0.25) is 4.79 Å². The van der Waals surface area contributed by atoms with Crippen LogP contribution < -0.4 is 10.5 Å². The number of hydrogen-bond acceptors (Lipinski definition) is 4. The summed E-state index contributed by atoms with van der Waals surface area (Å²) in [5, 5.41) is 0.103. The largest absolute Gasteiger partial charge is 0.494 e. The maximum Gasteiger partial charge on any atom is 0.268 e. The van der Waals surface area contributed by atoms with Crippen LogP contribution in [0.5, 0.6) is 5.75 Å². The third-order valence-corrected chi connectivity index (χ3v) is 11.3. The molecule has 0 aliphatic heterocycles. The number of carbonyl (C=O) groups is 1. The first kappa shape index (κ1) is 26.7. The van der Waals surface area contributed by atoms with E-state index in [1.54, 1.807) is 12.5 Å². The van der Waals surface area contributed by atoms with Gasteiger partial charge in [0, 0.05) is 12.7 Å². The number of ether oxygens (including phenoxy) is 1. The van der Waals surface area contributed by atoms with Crippen LogP contribution in [0.1, 0.15) is 49.7 Å². The monoisotopic (exact) mass is 493 g/mol. The first-order valence-electron chi connectivity index (χ1n) is 12.2. The number of imidazole rings is 1. The molecule has 2 aromatic carbocycles. The lowest BCUT2D eigenvalue weighted by molar-refractivity contribution is 0.0995. The fraction of sp³-hybridized carbons (Fsp3) is 0.429. The van der Waals surface area contributed by atoms with Crippen molar-refractivity contribution < 1.29 is 14.0 Å². The van der Waals surface area contributed by atoms with Crippen molar-refractivity contribution >= 4 is 14.2 Å². The van der Waals surface area contributed by atoms with Crippen LogP contribution in [0, 0.1) is 6.92 Å². The van der Waals surface area contributed by atoms with Crippen LogP contribution >= 0.6 is 0 Å². The van der Waals surface area contributed by atoms with E-state index in [2.05, 4.69) is 82.2 Å². The molecule has 0 aliphatic carbocycles. The summed E-state index contributed by atoms with van der Waals surface area (Å²) in [5.74, 6) is 0.345. The zero-order valence-electron chi connectivity index (χ0n) is 21.9. The number of rotatable bonds is 11. The summed E-state index contributed by atoms with van der Waals surface area (Å²) < 4.78 is 14.7. The lowest BCUT2D eigenvalue weighted by Gasteiger charge is -2.39. The summed E-state index contributed by atoms with van der Waals surface area (Å²) >= 11 is 0. The third kappa shape index (κ3) is 7.54. The van der Waals surface area contributed by atoms with Crippen LogP contribution in [0.2, 0.25) is 18.1 Å². The highest BCUT2D eigenvalue weighted by atomic mass is 28.4.